The van der Waals surface area contributed by atoms with Gasteiger partial charge in [0, 0.05) is 12.5 Å². The van der Waals surface area contributed by atoms with Gasteiger partial charge in [-0.15, -0.1) is 0 Å². The van der Waals surface area contributed by atoms with E-state index in [1.54, 1.807) is 12.1 Å². The van der Waals surface area contributed by atoms with Gasteiger partial charge >= 0.3 is 0 Å². The highest BCUT2D eigenvalue weighted by Gasteiger charge is 2.19. The number of carbonyl (C=O) groups is 2. The van der Waals surface area contributed by atoms with Crippen molar-refractivity contribution in [2.75, 3.05) is 5.32 Å². The maximum atomic E-state index is 12.5. The fourth-order valence-corrected chi connectivity index (χ4v) is 3.05. The van der Waals surface area contributed by atoms with Crippen LogP contribution in [0, 0.1) is 0 Å². The minimum absolute atomic E-state index is 0.0173. The maximum absolute atomic E-state index is 12.5. The number of amides is 2. The third-order valence-electron chi connectivity index (χ3n) is 4.39. The highest BCUT2D eigenvalue weighted by Crippen LogP contribution is 2.20. The molecule has 0 saturated heterocycles. The first-order chi connectivity index (χ1) is 11.2. The summed E-state index contributed by atoms with van der Waals surface area (Å²) in [5.74, 6) is -0.0993. The van der Waals surface area contributed by atoms with E-state index in [9.17, 15) is 9.59 Å². The van der Waals surface area contributed by atoms with Crippen LogP contribution in [0.2, 0.25) is 0 Å². The maximum Gasteiger partial charge on any atom is 0.253 e. The average molecular weight is 316 g/mol. The fraction of sp³-hybridized carbons (Fsp3) is 0.579. The molecule has 2 rings (SSSR count). The average Bonchev–Trinajstić information content (AvgIpc) is 2.56. The number of anilines is 1. The number of nitrogens with one attached hydrogen (secondary N) is 2. The Morgan fingerprint density at radius 1 is 1.09 bits per heavy atom. The predicted molar refractivity (Wildman–Crippen MR) is 93.6 cm³/mol. The van der Waals surface area contributed by atoms with E-state index in [2.05, 4.69) is 17.6 Å². The van der Waals surface area contributed by atoms with Gasteiger partial charge in [-0.05, 0) is 31.4 Å². The van der Waals surface area contributed by atoms with Crippen LogP contribution in [0.1, 0.15) is 75.1 Å². The lowest BCUT2D eigenvalue weighted by atomic mass is 9.95. The van der Waals surface area contributed by atoms with Crippen LogP contribution in [0.5, 0.6) is 0 Å². The van der Waals surface area contributed by atoms with Crippen LogP contribution in [-0.2, 0) is 4.79 Å². The van der Waals surface area contributed by atoms with Crippen molar-refractivity contribution in [1.82, 2.24) is 5.32 Å². The number of hydrogen-bond acceptors (Lipinski definition) is 2. The second-order valence-corrected chi connectivity index (χ2v) is 6.36. The van der Waals surface area contributed by atoms with Crippen LogP contribution in [0.15, 0.2) is 24.3 Å². The summed E-state index contributed by atoms with van der Waals surface area (Å²) < 4.78 is 0. The highest BCUT2D eigenvalue weighted by atomic mass is 16.2. The van der Waals surface area contributed by atoms with Crippen LogP contribution in [0.25, 0.3) is 0 Å². The van der Waals surface area contributed by atoms with Crippen molar-refractivity contribution in [3.63, 3.8) is 0 Å². The van der Waals surface area contributed by atoms with Crippen LogP contribution >= 0.6 is 0 Å². The summed E-state index contributed by atoms with van der Waals surface area (Å²) in [7, 11) is 0. The van der Waals surface area contributed by atoms with Crippen molar-refractivity contribution in [3.8, 4) is 0 Å². The van der Waals surface area contributed by atoms with Crippen molar-refractivity contribution >= 4 is 17.5 Å². The molecule has 1 aliphatic carbocycles. The molecule has 23 heavy (non-hydrogen) atoms. The molecule has 0 unspecified atom stereocenters. The molecule has 0 spiro atoms. The van der Waals surface area contributed by atoms with Gasteiger partial charge in [0.15, 0.2) is 0 Å². The molecule has 0 heterocycles. The van der Waals surface area contributed by atoms with Gasteiger partial charge in [0.1, 0.15) is 0 Å². The first kappa shape index (κ1) is 17.5. The Hall–Kier alpha value is -1.84. The van der Waals surface area contributed by atoms with Gasteiger partial charge < -0.3 is 10.6 Å². The van der Waals surface area contributed by atoms with Crippen LogP contribution in [0.3, 0.4) is 0 Å². The summed E-state index contributed by atoms with van der Waals surface area (Å²) in [6, 6.07) is 7.53. The lowest BCUT2D eigenvalue weighted by Crippen LogP contribution is -2.36. The highest BCUT2D eigenvalue weighted by molar-refractivity contribution is 6.03. The summed E-state index contributed by atoms with van der Waals surface area (Å²) in [6.45, 7) is 2.11. The number of hydrogen-bond donors (Lipinski definition) is 2. The fourth-order valence-electron chi connectivity index (χ4n) is 3.05. The van der Waals surface area contributed by atoms with E-state index in [4.69, 9.17) is 0 Å². The Labute approximate surface area is 139 Å². The second-order valence-electron chi connectivity index (χ2n) is 6.36. The molecule has 4 nitrogen and oxygen atoms in total. The number of para-hydroxylation sites is 1. The van der Waals surface area contributed by atoms with Crippen molar-refractivity contribution in [3.05, 3.63) is 29.8 Å². The Morgan fingerprint density at radius 3 is 2.57 bits per heavy atom. The summed E-state index contributed by atoms with van der Waals surface area (Å²) >= 11 is 0. The molecule has 2 N–H and O–H groups in total. The molecule has 1 fully saturated rings. The minimum atomic E-state index is -0.0821. The minimum Gasteiger partial charge on any atom is -0.349 e. The van der Waals surface area contributed by atoms with Gasteiger partial charge in [0.2, 0.25) is 5.91 Å². The molecule has 1 aromatic carbocycles. The predicted octanol–water partition coefficient (Wildman–Crippen LogP) is 4.27. The van der Waals surface area contributed by atoms with E-state index in [-0.39, 0.29) is 17.9 Å². The normalized spacial score (nSPS) is 15.2. The zero-order chi connectivity index (χ0) is 16.5. The zero-order valence-electron chi connectivity index (χ0n) is 14.1. The molecule has 126 valence electrons. The van der Waals surface area contributed by atoms with Gasteiger partial charge in [0.25, 0.3) is 5.91 Å². The molecule has 0 aromatic heterocycles. The third-order valence-corrected chi connectivity index (χ3v) is 4.39. The number of unbranched alkanes of at least 4 members (excludes halogenated alkanes) is 2. The Balaban J connectivity index is 1.95. The molecule has 0 aliphatic heterocycles. The molecule has 1 aliphatic rings. The molecule has 0 bridgehead atoms. The monoisotopic (exact) mass is 316 g/mol. The summed E-state index contributed by atoms with van der Waals surface area (Å²) in [5.41, 5.74) is 1.17. The molecule has 0 radical (unpaired) electrons. The smallest absolute Gasteiger partial charge is 0.253 e. The van der Waals surface area contributed by atoms with E-state index in [0.29, 0.717) is 17.7 Å². The molecule has 1 aromatic rings. The van der Waals surface area contributed by atoms with Gasteiger partial charge in [-0.2, -0.15) is 0 Å². The molecule has 4 heteroatoms. The first-order valence-electron chi connectivity index (χ1n) is 8.90. The molecule has 0 atom stereocenters. The van der Waals surface area contributed by atoms with Gasteiger partial charge in [-0.25, -0.2) is 0 Å². The first-order valence-corrected chi connectivity index (χ1v) is 8.90. The van der Waals surface area contributed by atoms with Crippen molar-refractivity contribution in [2.45, 2.75) is 70.8 Å². The molecule has 1 saturated carbocycles. The lowest BCUT2D eigenvalue weighted by Gasteiger charge is -2.23. The Morgan fingerprint density at radius 2 is 1.83 bits per heavy atom. The molecular weight excluding hydrogens is 288 g/mol. The van der Waals surface area contributed by atoms with Crippen molar-refractivity contribution < 1.29 is 9.59 Å². The van der Waals surface area contributed by atoms with Crippen LogP contribution in [-0.4, -0.2) is 17.9 Å². The largest absolute Gasteiger partial charge is 0.349 e. The summed E-state index contributed by atoms with van der Waals surface area (Å²) in [4.78, 5) is 24.5. The van der Waals surface area contributed by atoms with E-state index >= 15 is 0 Å². The SMILES string of the molecule is CCCCCC(=O)Nc1ccccc1C(=O)NC1CCCCC1. The molecule has 2 amide bonds. The number of rotatable bonds is 7. The van der Waals surface area contributed by atoms with E-state index < -0.39 is 0 Å². The van der Waals surface area contributed by atoms with E-state index in [0.717, 1.165) is 32.1 Å². The van der Waals surface area contributed by atoms with E-state index in [1.165, 1.54) is 19.3 Å². The standard InChI is InChI=1S/C19H28N2O2/c1-2-3-5-14-18(22)21-17-13-9-8-12-16(17)19(23)20-15-10-6-4-7-11-15/h8-9,12-13,15H,2-7,10-11,14H2,1H3,(H,20,23)(H,21,22). The summed E-state index contributed by atoms with van der Waals surface area (Å²) in [6.07, 6.45) is 9.27. The Kier molecular flexibility index (Phi) is 7.11. The van der Waals surface area contributed by atoms with Gasteiger partial charge in [0.05, 0.1) is 11.3 Å². The number of benzene rings is 1. The second kappa shape index (κ2) is 9.33. The van der Waals surface area contributed by atoms with Crippen molar-refractivity contribution in [2.24, 2.45) is 0 Å². The zero-order valence-corrected chi connectivity index (χ0v) is 14.1. The van der Waals surface area contributed by atoms with Crippen molar-refractivity contribution in [1.29, 1.82) is 0 Å². The molecular formula is C19H28N2O2. The third kappa shape index (κ3) is 5.70. The van der Waals surface area contributed by atoms with Gasteiger partial charge in [-0.1, -0.05) is 51.2 Å². The quantitative estimate of drug-likeness (QED) is 0.738. The van der Waals surface area contributed by atoms with Gasteiger partial charge in [-0.3, -0.25) is 9.59 Å². The lowest BCUT2D eigenvalue weighted by molar-refractivity contribution is -0.116. The van der Waals surface area contributed by atoms with E-state index in [1.807, 2.05) is 12.1 Å². The van der Waals surface area contributed by atoms with Crippen LogP contribution in [0.4, 0.5) is 5.69 Å². The topological polar surface area (TPSA) is 58.2 Å². The van der Waals surface area contributed by atoms with Crippen LogP contribution < -0.4 is 10.6 Å². The number of carbonyl (C=O) groups excluding carboxylic acids is 2. The summed E-state index contributed by atoms with van der Waals surface area (Å²) in [5, 5.41) is 6.00. The Bertz CT molecular complexity index is 522.